The van der Waals surface area contributed by atoms with Gasteiger partial charge in [-0.2, -0.15) is 0 Å². The predicted molar refractivity (Wildman–Crippen MR) is 74.4 cm³/mol. The molecular weight excluding hydrogens is 304 g/mol. The van der Waals surface area contributed by atoms with E-state index in [-0.39, 0.29) is 28.2 Å². The minimum absolute atomic E-state index is 0.0398. The molecule has 7 heteroatoms. The molecule has 0 aliphatic rings. The molecular formula is C13H10Cl2FN3O. The molecule has 0 spiro atoms. The topological polar surface area (TPSA) is 54.9 Å². The molecule has 1 N–H and O–H groups in total. The van der Waals surface area contributed by atoms with Gasteiger partial charge in [0.25, 0.3) is 5.91 Å². The first-order valence-corrected chi connectivity index (χ1v) is 6.45. The largest absolute Gasteiger partial charge is 0.348 e. The number of aryl methyl sites for hydroxylation is 1. The molecule has 104 valence electrons. The second-order valence-electron chi connectivity index (χ2n) is 4.14. The average Bonchev–Trinajstić information content (AvgIpc) is 2.42. The van der Waals surface area contributed by atoms with Crippen LogP contribution in [0, 0.1) is 12.7 Å². The van der Waals surface area contributed by atoms with Crippen LogP contribution in [0.2, 0.25) is 10.3 Å². The highest BCUT2D eigenvalue weighted by atomic mass is 35.5. The van der Waals surface area contributed by atoms with Gasteiger partial charge in [0.1, 0.15) is 5.82 Å². The molecule has 0 saturated carbocycles. The van der Waals surface area contributed by atoms with Crippen LogP contribution in [0.4, 0.5) is 4.39 Å². The molecule has 1 amide bonds. The fraction of sp³-hybridized carbons (Fsp3) is 0.154. The third kappa shape index (κ3) is 3.43. The van der Waals surface area contributed by atoms with E-state index in [0.717, 1.165) is 0 Å². The number of hydrogen-bond acceptors (Lipinski definition) is 3. The van der Waals surface area contributed by atoms with Gasteiger partial charge in [-0.05, 0) is 30.2 Å². The van der Waals surface area contributed by atoms with Gasteiger partial charge in [0.15, 0.2) is 10.3 Å². The van der Waals surface area contributed by atoms with Gasteiger partial charge in [-0.25, -0.2) is 4.39 Å². The van der Waals surface area contributed by atoms with E-state index < -0.39 is 5.91 Å². The fourth-order valence-electron chi connectivity index (χ4n) is 1.54. The molecule has 2 rings (SSSR count). The van der Waals surface area contributed by atoms with Gasteiger partial charge in [-0.1, -0.05) is 35.3 Å². The summed E-state index contributed by atoms with van der Waals surface area (Å²) >= 11 is 11.4. The Bertz CT molecular complexity index is 664. The number of benzene rings is 1. The maximum atomic E-state index is 13.4. The number of aromatic nitrogens is 2. The normalized spacial score (nSPS) is 10.4. The van der Waals surface area contributed by atoms with Crippen molar-refractivity contribution in [2.45, 2.75) is 13.5 Å². The summed E-state index contributed by atoms with van der Waals surface area (Å²) in [6, 6.07) is 6.07. The van der Waals surface area contributed by atoms with Gasteiger partial charge >= 0.3 is 0 Å². The van der Waals surface area contributed by atoms with Gasteiger partial charge in [-0.3, -0.25) is 4.79 Å². The quantitative estimate of drug-likeness (QED) is 0.947. The summed E-state index contributed by atoms with van der Waals surface area (Å²) in [4.78, 5) is 11.9. The molecule has 0 aliphatic heterocycles. The Morgan fingerprint density at radius 2 is 2.05 bits per heavy atom. The average molecular weight is 314 g/mol. The van der Waals surface area contributed by atoms with Crippen LogP contribution in [-0.4, -0.2) is 16.1 Å². The van der Waals surface area contributed by atoms with E-state index in [0.29, 0.717) is 11.1 Å². The molecule has 0 saturated heterocycles. The van der Waals surface area contributed by atoms with E-state index in [1.807, 2.05) is 0 Å². The van der Waals surface area contributed by atoms with Crippen LogP contribution >= 0.6 is 23.2 Å². The highest BCUT2D eigenvalue weighted by Gasteiger charge is 2.13. The summed E-state index contributed by atoms with van der Waals surface area (Å²) < 4.78 is 13.4. The molecule has 0 unspecified atom stereocenters. The van der Waals surface area contributed by atoms with Gasteiger partial charge in [0.2, 0.25) is 0 Å². The Hall–Kier alpha value is -1.72. The van der Waals surface area contributed by atoms with Crippen LogP contribution in [0.5, 0.6) is 0 Å². The molecule has 2 aromatic rings. The monoisotopic (exact) mass is 313 g/mol. The van der Waals surface area contributed by atoms with Gasteiger partial charge in [0.05, 0.1) is 5.56 Å². The highest BCUT2D eigenvalue weighted by Crippen LogP contribution is 2.15. The molecule has 4 nitrogen and oxygen atoms in total. The van der Waals surface area contributed by atoms with Crippen molar-refractivity contribution in [3.8, 4) is 0 Å². The molecule has 20 heavy (non-hydrogen) atoms. The van der Waals surface area contributed by atoms with Gasteiger partial charge in [-0.15, -0.1) is 10.2 Å². The Morgan fingerprint density at radius 3 is 2.75 bits per heavy atom. The van der Waals surface area contributed by atoms with Crippen LogP contribution in [-0.2, 0) is 6.54 Å². The highest BCUT2D eigenvalue weighted by molar-refractivity contribution is 6.34. The molecule has 0 radical (unpaired) electrons. The minimum atomic E-state index is -0.451. The zero-order valence-electron chi connectivity index (χ0n) is 10.5. The summed E-state index contributed by atoms with van der Waals surface area (Å²) in [6.07, 6.45) is 0. The molecule has 0 bridgehead atoms. The Morgan fingerprint density at radius 1 is 1.30 bits per heavy atom. The molecule has 1 aromatic carbocycles. The van der Waals surface area contributed by atoms with Crippen LogP contribution in [0.25, 0.3) is 0 Å². The summed E-state index contributed by atoms with van der Waals surface area (Å²) in [6.45, 7) is 1.84. The standard InChI is InChI=1S/C13H10Cl2FN3O/c1-7-2-3-8(4-10(7)16)6-17-13(20)9-5-11(14)18-19-12(9)15/h2-5H,6H2,1H3,(H,17,20). The molecule has 0 aliphatic carbocycles. The van der Waals surface area contributed by atoms with Crippen molar-refractivity contribution in [2.24, 2.45) is 0 Å². The van der Waals surface area contributed by atoms with Gasteiger partial charge in [0, 0.05) is 6.54 Å². The van der Waals surface area contributed by atoms with Crippen molar-refractivity contribution >= 4 is 29.1 Å². The lowest BCUT2D eigenvalue weighted by Gasteiger charge is -2.07. The van der Waals surface area contributed by atoms with E-state index in [1.165, 1.54) is 12.1 Å². The van der Waals surface area contributed by atoms with Crippen molar-refractivity contribution in [2.75, 3.05) is 0 Å². The van der Waals surface area contributed by atoms with Crippen LogP contribution in [0.15, 0.2) is 24.3 Å². The number of amides is 1. The second kappa shape index (κ2) is 6.15. The third-order valence-electron chi connectivity index (χ3n) is 2.65. The van der Waals surface area contributed by atoms with Crippen molar-refractivity contribution in [3.05, 3.63) is 57.1 Å². The molecule has 1 aromatic heterocycles. The summed E-state index contributed by atoms with van der Waals surface area (Å²) in [5.41, 5.74) is 1.32. The Balaban J connectivity index is 2.08. The van der Waals surface area contributed by atoms with Crippen molar-refractivity contribution in [1.29, 1.82) is 0 Å². The van der Waals surface area contributed by atoms with Crippen molar-refractivity contribution in [3.63, 3.8) is 0 Å². The first-order valence-electron chi connectivity index (χ1n) is 5.69. The number of carbonyl (C=O) groups is 1. The number of rotatable bonds is 3. The lowest BCUT2D eigenvalue weighted by Crippen LogP contribution is -2.23. The number of halogens is 3. The lowest BCUT2D eigenvalue weighted by atomic mass is 10.1. The fourth-order valence-corrected chi connectivity index (χ4v) is 1.86. The lowest BCUT2D eigenvalue weighted by molar-refractivity contribution is 0.0950. The smallest absolute Gasteiger partial charge is 0.254 e. The van der Waals surface area contributed by atoms with E-state index in [4.69, 9.17) is 23.2 Å². The number of hydrogen-bond donors (Lipinski definition) is 1. The van der Waals surface area contributed by atoms with Crippen molar-refractivity contribution < 1.29 is 9.18 Å². The van der Waals surface area contributed by atoms with E-state index in [2.05, 4.69) is 15.5 Å². The molecule has 1 heterocycles. The van der Waals surface area contributed by atoms with E-state index in [9.17, 15) is 9.18 Å². The maximum absolute atomic E-state index is 13.4. The Labute approximate surface area is 124 Å². The molecule has 0 atom stereocenters. The summed E-state index contributed by atoms with van der Waals surface area (Å²) in [5.74, 6) is -0.767. The third-order valence-corrected chi connectivity index (χ3v) is 3.12. The SMILES string of the molecule is Cc1ccc(CNC(=O)c2cc(Cl)nnc2Cl)cc1F. The van der Waals surface area contributed by atoms with Crippen molar-refractivity contribution in [1.82, 2.24) is 15.5 Å². The zero-order valence-corrected chi connectivity index (χ0v) is 12.0. The van der Waals surface area contributed by atoms with E-state index >= 15 is 0 Å². The summed E-state index contributed by atoms with van der Waals surface area (Å²) in [7, 11) is 0. The zero-order chi connectivity index (χ0) is 14.7. The molecule has 0 fully saturated rings. The maximum Gasteiger partial charge on any atom is 0.254 e. The van der Waals surface area contributed by atoms with Crippen LogP contribution in [0.3, 0.4) is 0 Å². The Kier molecular flexibility index (Phi) is 4.52. The van der Waals surface area contributed by atoms with Crippen LogP contribution < -0.4 is 5.32 Å². The number of nitrogens with zero attached hydrogens (tertiary/aromatic N) is 2. The number of carbonyl (C=O) groups excluding carboxylic acids is 1. The predicted octanol–water partition coefficient (Wildman–Crippen LogP) is 3.16. The first-order chi connectivity index (χ1) is 9.47. The first kappa shape index (κ1) is 14.7. The second-order valence-corrected chi connectivity index (χ2v) is 4.88. The van der Waals surface area contributed by atoms with Crippen LogP contribution in [0.1, 0.15) is 21.5 Å². The summed E-state index contributed by atoms with van der Waals surface area (Å²) in [5, 5.41) is 9.70. The van der Waals surface area contributed by atoms with Gasteiger partial charge < -0.3 is 5.32 Å². The minimum Gasteiger partial charge on any atom is -0.348 e. The number of nitrogens with one attached hydrogen (secondary N) is 1. The van der Waals surface area contributed by atoms with E-state index in [1.54, 1.807) is 19.1 Å².